The van der Waals surface area contributed by atoms with Crippen LogP contribution in [0.4, 0.5) is 0 Å². The number of aliphatic carboxylic acids is 1. The van der Waals surface area contributed by atoms with Gasteiger partial charge in [-0.15, -0.1) is 0 Å². The summed E-state index contributed by atoms with van der Waals surface area (Å²) < 4.78 is 6.79. The summed E-state index contributed by atoms with van der Waals surface area (Å²) in [5.74, 6) is 0.136. The predicted octanol–water partition coefficient (Wildman–Crippen LogP) is 2.70. The normalized spacial score (nSPS) is 16.7. The number of likely N-dealkylation sites (tertiary alicyclic amines) is 1. The van der Waals surface area contributed by atoms with Gasteiger partial charge in [0.15, 0.2) is 0 Å². The van der Waals surface area contributed by atoms with Crippen molar-refractivity contribution in [2.45, 2.75) is 25.8 Å². The molecule has 1 saturated heterocycles. The molecule has 1 N–H and O–H groups in total. The smallest absolute Gasteiger partial charge is 0.317 e. The maximum Gasteiger partial charge on any atom is 0.317 e. The van der Waals surface area contributed by atoms with Gasteiger partial charge in [-0.2, -0.15) is 0 Å². The van der Waals surface area contributed by atoms with Crippen LogP contribution in [0.25, 0.3) is 0 Å². The Morgan fingerprint density at radius 1 is 1.39 bits per heavy atom. The number of carboxylic acids is 1. The quantitative estimate of drug-likeness (QED) is 0.746. The van der Waals surface area contributed by atoms with E-state index in [2.05, 4.69) is 25.7 Å². The van der Waals surface area contributed by atoms with Crippen LogP contribution in [-0.2, 0) is 4.79 Å². The van der Waals surface area contributed by atoms with Gasteiger partial charge in [0, 0.05) is 12.6 Å². The number of carboxylic acid groups (broad SMARTS) is 1. The van der Waals surface area contributed by atoms with E-state index >= 15 is 0 Å². The Hall–Kier alpha value is -1.11. The predicted molar refractivity (Wildman–Crippen MR) is 94.0 cm³/mol. The Labute approximate surface area is 146 Å². The lowest BCUT2D eigenvalue weighted by atomic mass is 10.0. The summed E-state index contributed by atoms with van der Waals surface area (Å²) in [6, 6.07) is 8.26. The van der Waals surface area contributed by atoms with E-state index in [9.17, 15) is 4.79 Å². The minimum absolute atomic E-state index is 0.145. The van der Waals surface area contributed by atoms with Gasteiger partial charge in [0.05, 0.1) is 11.0 Å². The number of nitrogens with zero attached hydrogens (tertiary/aromatic N) is 2. The Morgan fingerprint density at radius 3 is 2.70 bits per heavy atom. The molecule has 1 aliphatic heterocycles. The summed E-state index contributed by atoms with van der Waals surface area (Å²) in [6.45, 7) is 6.54. The molecule has 1 aromatic carbocycles. The van der Waals surface area contributed by atoms with Crippen LogP contribution in [0.2, 0.25) is 0 Å². The number of hydrogen-bond donors (Lipinski definition) is 1. The third-order valence-electron chi connectivity index (χ3n) is 4.32. The molecular formula is C17H25BrN2O3. The zero-order valence-electron chi connectivity index (χ0n) is 13.6. The summed E-state index contributed by atoms with van der Waals surface area (Å²) in [6.07, 6.45) is 2.05. The molecule has 1 aromatic rings. The Balaban J connectivity index is 1.70. The lowest BCUT2D eigenvalue weighted by Crippen LogP contribution is -2.47. The fourth-order valence-corrected chi connectivity index (χ4v) is 3.43. The minimum atomic E-state index is -0.740. The van der Waals surface area contributed by atoms with E-state index in [-0.39, 0.29) is 6.54 Å². The maximum absolute atomic E-state index is 10.9. The standard InChI is InChI=1S/C17H25BrN2O3/c1-2-20(13-17(21)22)14-7-9-19(10-8-14)11-12-23-16-6-4-3-5-15(16)18/h3-6,14H,2,7-13H2,1H3,(H,21,22). The molecule has 1 fully saturated rings. The number of hydrogen-bond acceptors (Lipinski definition) is 4. The Bertz CT molecular complexity index is 504. The van der Waals surface area contributed by atoms with E-state index in [0.29, 0.717) is 12.6 Å². The molecule has 1 aliphatic rings. The van der Waals surface area contributed by atoms with Crippen LogP contribution in [0.15, 0.2) is 28.7 Å². The van der Waals surface area contributed by atoms with E-state index in [1.165, 1.54) is 0 Å². The number of halogens is 1. The first-order chi connectivity index (χ1) is 11.1. The fourth-order valence-electron chi connectivity index (χ4n) is 3.03. The molecule has 1 heterocycles. The van der Waals surface area contributed by atoms with Crippen molar-refractivity contribution in [1.82, 2.24) is 9.80 Å². The van der Waals surface area contributed by atoms with Gasteiger partial charge < -0.3 is 9.84 Å². The number of carbonyl (C=O) groups is 1. The largest absolute Gasteiger partial charge is 0.491 e. The van der Waals surface area contributed by atoms with Crippen molar-refractivity contribution >= 4 is 21.9 Å². The molecule has 5 nitrogen and oxygen atoms in total. The molecule has 0 radical (unpaired) electrons. The molecule has 0 unspecified atom stereocenters. The second-order valence-electron chi connectivity index (χ2n) is 5.81. The molecule has 23 heavy (non-hydrogen) atoms. The maximum atomic E-state index is 10.9. The molecule has 0 amide bonds. The molecular weight excluding hydrogens is 360 g/mol. The topological polar surface area (TPSA) is 53.0 Å². The third kappa shape index (κ3) is 5.79. The van der Waals surface area contributed by atoms with Crippen LogP contribution < -0.4 is 4.74 Å². The van der Waals surface area contributed by atoms with Crippen LogP contribution in [0, 0.1) is 0 Å². The zero-order valence-corrected chi connectivity index (χ0v) is 15.2. The SMILES string of the molecule is CCN(CC(=O)O)C1CCN(CCOc2ccccc2Br)CC1. The van der Waals surface area contributed by atoms with Gasteiger partial charge in [-0.3, -0.25) is 14.6 Å². The zero-order chi connectivity index (χ0) is 16.7. The molecule has 6 heteroatoms. The van der Waals surface area contributed by atoms with Gasteiger partial charge in [0.1, 0.15) is 12.4 Å². The van der Waals surface area contributed by atoms with Crippen LogP contribution in [-0.4, -0.2) is 66.2 Å². The molecule has 0 bridgehead atoms. The highest BCUT2D eigenvalue weighted by molar-refractivity contribution is 9.10. The second kappa shape index (κ2) is 9.25. The van der Waals surface area contributed by atoms with Gasteiger partial charge in [-0.25, -0.2) is 0 Å². The number of para-hydroxylation sites is 1. The Morgan fingerprint density at radius 2 is 2.09 bits per heavy atom. The van der Waals surface area contributed by atoms with Crippen LogP contribution in [0.3, 0.4) is 0 Å². The summed E-state index contributed by atoms with van der Waals surface area (Å²) in [5.41, 5.74) is 0. The average Bonchev–Trinajstić information content (AvgIpc) is 2.55. The van der Waals surface area contributed by atoms with Crippen LogP contribution >= 0.6 is 15.9 Å². The summed E-state index contributed by atoms with van der Waals surface area (Å²) in [7, 11) is 0. The van der Waals surface area contributed by atoms with Crippen LogP contribution in [0.5, 0.6) is 5.75 Å². The monoisotopic (exact) mass is 384 g/mol. The Kier molecular flexibility index (Phi) is 7.33. The summed E-state index contributed by atoms with van der Waals surface area (Å²) in [5, 5.41) is 8.97. The van der Waals surface area contributed by atoms with E-state index < -0.39 is 5.97 Å². The first-order valence-corrected chi connectivity index (χ1v) is 8.95. The molecule has 128 valence electrons. The van der Waals surface area contributed by atoms with Crippen molar-refractivity contribution in [2.24, 2.45) is 0 Å². The first-order valence-electron chi connectivity index (χ1n) is 8.15. The molecule has 0 spiro atoms. The average molecular weight is 385 g/mol. The number of benzene rings is 1. The molecule has 2 rings (SSSR count). The molecule has 0 aromatic heterocycles. The van der Waals surface area contributed by atoms with E-state index in [1.807, 2.05) is 31.2 Å². The van der Waals surface area contributed by atoms with Crippen molar-refractivity contribution in [3.05, 3.63) is 28.7 Å². The van der Waals surface area contributed by atoms with Crippen molar-refractivity contribution in [2.75, 3.05) is 39.3 Å². The minimum Gasteiger partial charge on any atom is -0.491 e. The van der Waals surface area contributed by atoms with Gasteiger partial charge >= 0.3 is 5.97 Å². The second-order valence-corrected chi connectivity index (χ2v) is 6.66. The lowest BCUT2D eigenvalue weighted by Gasteiger charge is -2.37. The van der Waals surface area contributed by atoms with E-state index in [1.54, 1.807) is 0 Å². The van der Waals surface area contributed by atoms with Gasteiger partial charge in [0.2, 0.25) is 0 Å². The summed E-state index contributed by atoms with van der Waals surface area (Å²) >= 11 is 3.48. The number of likely N-dealkylation sites (N-methyl/N-ethyl adjacent to an activating group) is 1. The van der Waals surface area contributed by atoms with Crippen molar-refractivity contribution in [3.8, 4) is 5.75 Å². The third-order valence-corrected chi connectivity index (χ3v) is 4.97. The highest BCUT2D eigenvalue weighted by atomic mass is 79.9. The van der Waals surface area contributed by atoms with E-state index in [0.717, 1.165) is 49.2 Å². The van der Waals surface area contributed by atoms with E-state index in [4.69, 9.17) is 9.84 Å². The first kappa shape index (κ1) is 18.2. The highest BCUT2D eigenvalue weighted by Gasteiger charge is 2.24. The van der Waals surface area contributed by atoms with Gasteiger partial charge in [-0.1, -0.05) is 19.1 Å². The van der Waals surface area contributed by atoms with Crippen molar-refractivity contribution in [3.63, 3.8) is 0 Å². The number of rotatable bonds is 8. The molecule has 0 atom stereocenters. The highest BCUT2D eigenvalue weighted by Crippen LogP contribution is 2.23. The number of ether oxygens (including phenoxy) is 1. The summed E-state index contributed by atoms with van der Waals surface area (Å²) in [4.78, 5) is 15.4. The van der Waals surface area contributed by atoms with Gasteiger partial charge in [0.25, 0.3) is 0 Å². The number of piperidine rings is 1. The molecule has 0 aliphatic carbocycles. The molecule has 0 saturated carbocycles. The van der Waals surface area contributed by atoms with Gasteiger partial charge in [-0.05, 0) is 60.5 Å². The van der Waals surface area contributed by atoms with Crippen molar-refractivity contribution < 1.29 is 14.6 Å². The lowest BCUT2D eigenvalue weighted by molar-refractivity contribution is -0.139. The van der Waals surface area contributed by atoms with Crippen molar-refractivity contribution in [1.29, 1.82) is 0 Å². The van der Waals surface area contributed by atoms with Crippen LogP contribution in [0.1, 0.15) is 19.8 Å². The fraction of sp³-hybridized carbons (Fsp3) is 0.588.